The van der Waals surface area contributed by atoms with Crippen LogP contribution < -0.4 is 15.5 Å². The lowest BCUT2D eigenvalue weighted by Gasteiger charge is -2.18. The average molecular weight is 315 g/mol. The molecule has 2 aromatic rings. The summed E-state index contributed by atoms with van der Waals surface area (Å²) < 4.78 is 13.8. The summed E-state index contributed by atoms with van der Waals surface area (Å²) in [6.45, 7) is 1.31. The molecule has 0 unspecified atom stereocenters. The second kappa shape index (κ2) is 7.40. The molecule has 0 heterocycles. The van der Waals surface area contributed by atoms with Crippen LogP contribution in [0.3, 0.4) is 0 Å². The van der Waals surface area contributed by atoms with Crippen molar-refractivity contribution in [2.24, 2.45) is 0 Å². The van der Waals surface area contributed by atoms with E-state index in [-0.39, 0.29) is 24.0 Å². The van der Waals surface area contributed by atoms with Crippen LogP contribution in [0.1, 0.15) is 6.92 Å². The van der Waals surface area contributed by atoms with Crippen LogP contribution in [0.25, 0.3) is 0 Å². The number of carbonyl (C=O) groups is 2. The number of hydrogen-bond donors (Lipinski definition) is 2. The Morgan fingerprint density at radius 2 is 1.83 bits per heavy atom. The average Bonchev–Trinajstić information content (AvgIpc) is 2.54. The summed E-state index contributed by atoms with van der Waals surface area (Å²) in [7, 11) is 1.66. The van der Waals surface area contributed by atoms with Crippen molar-refractivity contribution in [2.45, 2.75) is 6.92 Å². The number of rotatable bonds is 5. The molecule has 2 amide bonds. The number of nitrogens with one attached hydrogen (secondary N) is 2. The monoisotopic (exact) mass is 315 g/mol. The van der Waals surface area contributed by atoms with Crippen molar-refractivity contribution < 1.29 is 14.0 Å². The van der Waals surface area contributed by atoms with Gasteiger partial charge in [-0.25, -0.2) is 4.39 Å². The summed E-state index contributed by atoms with van der Waals surface area (Å²) >= 11 is 0. The number of para-hydroxylation sites is 1. The van der Waals surface area contributed by atoms with Gasteiger partial charge in [-0.1, -0.05) is 18.2 Å². The number of anilines is 3. The van der Waals surface area contributed by atoms with Crippen LogP contribution in [0.4, 0.5) is 21.5 Å². The lowest BCUT2D eigenvalue weighted by Crippen LogP contribution is -2.32. The van der Waals surface area contributed by atoms with E-state index in [4.69, 9.17) is 0 Å². The molecule has 0 fully saturated rings. The Morgan fingerprint density at radius 1 is 1.13 bits per heavy atom. The van der Waals surface area contributed by atoms with E-state index in [9.17, 15) is 14.0 Å². The number of halogens is 1. The summed E-state index contributed by atoms with van der Waals surface area (Å²) in [5.74, 6) is -0.947. The van der Waals surface area contributed by atoms with Gasteiger partial charge in [-0.15, -0.1) is 0 Å². The molecule has 0 aliphatic heterocycles. The summed E-state index contributed by atoms with van der Waals surface area (Å²) in [4.78, 5) is 24.7. The molecule has 0 atom stereocenters. The van der Waals surface area contributed by atoms with Gasteiger partial charge in [0, 0.05) is 25.3 Å². The number of amides is 2. The van der Waals surface area contributed by atoms with Crippen molar-refractivity contribution in [1.82, 2.24) is 0 Å². The predicted octanol–water partition coefficient (Wildman–Crippen LogP) is 2.86. The molecule has 2 N–H and O–H groups in total. The van der Waals surface area contributed by atoms with E-state index in [0.717, 1.165) is 5.69 Å². The van der Waals surface area contributed by atoms with E-state index in [2.05, 4.69) is 10.6 Å². The predicted molar refractivity (Wildman–Crippen MR) is 89.0 cm³/mol. The molecule has 0 radical (unpaired) electrons. The topological polar surface area (TPSA) is 61.4 Å². The lowest BCUT2D eigenvalue weighted by atomic mass is 10.2. The summed E-state index contributed by atoms with van der Waals surface area (Å²) in [5.41, 5.74) is 1.38. The van der Waals surface area contributed by atoms with Gasteiger partial charge in [0.25, 0.3) is 0 Å². The second-order valence-electron chi connectivity index (χ2n) is 5.02. The Hall–Kier alpha value is -2.89. The third kappa shape index (κ3) is 4.54. The first-order valence-corrected chi connectivity index (χ1v) is 7.10. The Labute approximate surface area is 134 Å². The maximum atomic E-state index is 13.8. The molecule has 2 rings (SSSR count). The molecule has 0 bridgehead atoms. The van der Waals surface area contributed by atoms with Crippen LogP contribution in [-0.2, 0) is 9.59 Å². The van der Waals surface area contributed by atoms with Gasteiger partial charge in [-0.2, -0.15) is 0 Å². The third-order valence-corrected chi connectivity index (χ3v) is 3.23. The van der Waals surface area contributed by atoms with Crippen molar-refractivity contribution in [1.29, 1.82) is 0 Å². The fourth-order valence-electron chi connectivity index (χ4n) is 2.03. The maximum absolute atomic E-state index is 13.8. The molecule has 23 heavy (non-hydrogen) atoms. The van der Waals surface area contributed by atoms with Gasteiger partial charge in [-0.05, 0) is 30.3 Å². The van der Waals surface area contributed by atoms with Crippen molar-refractivity contribution in [2.75, 3.05) is 29.1 Å². The summed E-state index contributed by atoms with van der Waals surface area (Å²) in [6, 6.07) is 13.3. The molecule has 0 saturated carbocycles. The van der Waals surface area contributed by atoms with Crippen LogP contribution in [0.15, 0.2) is 48.5 Å². The quantitative estimate of drug-likeness (QED) is 0.892. The first-order valence-electron chi connectivity index (χ1n) is 7.10. The van der Waals surface area contributed by atoms with E-state index >= 15 is 0 Å². The van der Waals surface area contributed by atoms with Crippen molar-refractivity contribution in [3.05, 3.63) is 54.3 Å². The van der Waals surface area contributed by atoms with Crippen LogP contribution in [-0.4, -0.2) is 25.4 Å². The fraction of sp³-hybridized carbons (Fsp3) is 0.176. The lowest BCUT2D eigenvalue weighted by molar-refractivity contribution is -0.116. The number of nitrogens with zero attached hydrogens (tertiary/aromatic N) is 1. The molecule has 6 heteroatoms. The number of hydrogen-bond acceptors (Lipinski definition) is 3. The summed E-state index contributed by atoms with van der Waals surface area (Å²) in [5, 5.41) is 5.33. The first-order chi connectivity index (χ1) is 11.0. The van der Waals surface area contributed by atoms with Crippen molar-refractivity contribution in [3.63, 3.8) is 0 Å². The highest BCUT2D eigenvalue weighted by atomic mass is 19.1. The van der Waals surface area contributed by atoms with Gasteiger partial charge in [0.2, 0.25) is 11.8 Å². The number of benzene rings is 2. The molecule has 0 aliphatic carbocycles. The van der Waals surface area contributed by atoms with Crippen molar-refractivity contribution >= 4 is 28.9 Å². The smallest absolute Gasteiger partial charge is 0.246 e. The van der Waals surface area contributed by atoms with Gasteiger partial charge in [-0.3, -0.25) is 9.59 Å². The van der Waals surface area contributed by atoms with Gasteiger partial charge in [0.15, 0.2) is 0 Å². The standard InChI is InChI=1S/C17H18FN3O2/c1-12(22)20-13-8-9-15(18)16(10-13)19-11-17(23)21(2)14-6-4-3-5-7-14/h3-10,19H,11H2,1-2H3,(H,20,22). The minimum absolute atomic E-state index is 0.0637. The van der Waals surface area contributed by atoms with Gasteiger partial charge in [0.05, 0.1) is 12.2 Å². The molecule has 2 aromatic carbocycles. The van der Waals surface area contributed by atoms with Gasteiger partial charge >= 0.3 is 0 Å². The molecule has 0 aliphatic rings. The minimum atomic E-state index is -0.491. The van der Waals surface area contributed by atoms with Gasteiger partial charge < -0.3 is 15.5 Å². The third-order valence-electron chi connectivity index (χ3n) is 3.23. The zero-order chi connectivity index (χ0) is 16.8. The van der Waals surface area contributed by atoms with E-state index < -0.39 is 5.82 Å². The molecule has 120 valence electrons. The van der Waals surface area contributed by atoms with Crippen LogP contribution >= 0.6 is 0 Å². The maximum Gasteiger partial charge on any atom is 0.246 e. The number of carbonyl (C=O) groups excluding carboxylic acids is 2. The SMILES string of the molecule is CC(=O)Nc1ccc(F)c(NCC(=O)N(C)c2ccccc2)c1. The van der Waals surface area contributed by atoms with Gasteiger partial charge in [0.1, 0.15) is 5.82 Å². The molecular weight excluding hydrogens is 297 g/mol. The fourth-order valence-corrected chi connectivity index (χ4v) is 2.03. The highest BCUT2D eigenvalue weighted by Crippen LogP contribution is 2.20. The Bertz CT molecular complexity index is 704. The molecule has 0 aromatic heterocycles. The highest BCUT2D eigenvalue weighted by Gasteiger charge is 2.12. The minimum Gasteiger partial charge on any atom is -0.374 e. The Morgan fingerprint density at radius 3 is 2.48 bits per heavy atom. The van der Waals surface area contributed by atoms with Crippen LogP contribution in [0, 0.1) is 5.82 Å². The van der Waals surface area contributed by atoms with E-state index in [1.807, 2.05) is 30.3 Å². The molecular formula is C17H18FN3O2. The number of likely N-dealkylation sites (N-methyl/N-ethyl adjacent to an activating group) is 1. The second-order valence-corrected chi connectivity index (χ2v) is 5.02. The van der Waals surface area contributed by atoms with E-state index in [1.165, 1.54) is 30.0 Å². The van der Waals surface area contributed by atoms with Crippen LogP contribution in [0.5, 0.6) is 0 Å². The summed E-state index contributed by atoms with van der Waals surface area (Å²) in [6.07, 6.45) is 0. The molecule has 5 nitrogen and oxygen atoms in total. The normalized spacial score (nSPS) is 10.0. The zero-order valence-electron chi connectivity index (χ0n) is 13.0. The van der Waals surface area contributed by atoms with E-state index in [0.29, 0.717) is 5.69 Å². The van der Waals surface area contributed by atoms with Crippen LogP contribution in [0.2, 0.25) is 0 Å². The molecule has 0 spiro atoms. The largest absolute Gasteiger partial charge is 0.374 e. The Balaban J connectivity index is 2.02. The zero-order valence-corrected chi connectivity index (χ0v) is 13.0. The van der Waals surface area contributed by atoms with Crippen molar-refractivity contribution in [3.8, 4) is 0 Å². The first kappa shape index (κ1) is 16.5. The highest BCUT2D eigenvalue weighted by molar-refractivity contribution is 5.95. The Kier molecular flexibility index (Phi) is 5.30. The molecule has 0 saturated heterocycles. The van der Waals surface area contributed by atoms with E-state index in [1.54, 1.807) is 7.05 Å².